The van der Waals surface area contributed by atoms with Gasteiger partial charge in [-0.3, -0.25) is 4.79 Å². The number of Topliss-reactive ketones (excluding diaryl/α,β-unsaturated/α-hetero) is 1. The Balaban J connectivity index is 1.91. The van der Waals surface area contributed by atoms with Crippen molar-refractivity contribution in [2.45, 2.75) is 45.4 Å². The van der Waals surface area contributed by atoms with Crippen LogP contribution < -0.4 is 10.1 Å². The zero-order valence-electron chi connectivity index (χ0n) is 18.2. The Bertz CT molecular complexity index is 870. The quantitative estimate of drug-likeness (QED) is 0.515. The lowest BCUT2D eigenvalue weighted by Crippen LogP contribution is -2.37. The first-order valence-corrected chi connectivity index (χ1v) is 10.5. The molecule has 0 spiro atoms. The zero-order valence-corrected chi connectivity index (χ0v) is 18.2. The van der Waals surface area contributed by atoms with Crippen LogP contribution in [0.15, 0.2) is 46.8 Å². The first-order chi connectivity index (χ1) is 14.5. The number of allylic oxidation sites excluding steroid dienone is 3. The van der Waals surface area contributed by atoms with E-state index in [0.717, 1.165) is 41.1 Å². The number of carbonyl (C=O) groups is 2. The number of hydrogen-bond acceptors (Lipinski definition) is 6. The minimum Gasteiger partial charge on any atom is -0.496 e. The molecule has 1 heterocycles. The summed E-state index contributed by atoms with van der Waals surface area (Å²) < 4.78 is 15.9. The third-order valence-corrected chi connectivity index (χ3v) is 5.84. The molecule has 6 heteroatoms. The van der Waals surface area contributed by atoms with E-state index >= 15 is 0 Å². The Hall–Kier alpha value is -2.60. The molecule has 1 aromatic carbocycles. The fraction of sp³-hybridized carbons (Fsp3) is 0.500. The van der Waals surface area contributed by atoms with Crippen LogP contribution in [0.3, 0.4) is 0 Å². The van der Waals surface area contributed by atoms with Crippen LogP contribution in [-0.4, -0.2) is 39.2 Å². The Morgan fingerprint density at radius 1 is 1.17 bits per heavy atom. The van der Waals surface area contributed by atoms with Gasteiger partial charge in [-0.25, -0.2) is 4.79 Å². The van der Waals surface area contributed by atoms with E-state index in [0.29, 0.717) is 25.0 Å². The molecule has 1 aromatic rings. The number of ketones is 1. The summed E-state index contributed by atoms with van der Waals surface area (Å²) in [6.45, 7) is 4.49. The van der Waals surface area contributed by atoms with Crippen LogP contribution >= 0.6 is 0 Å². The van der Waals surface area contributed by atoms with E-state index < -0.39 is 0 Å². The Morgan fingerprint density at radius 2 is 1.93 bits per heavy atom. The Morgan fingerprint density at radius 3 is 2.63 bits per heavy atom. The van der Waals surface area contributed by atoms with Crippen molar-refractivity contribution >= 4 is 11.8 Å². The van der Waals surface area contributed by atoms with Gasteiger partial charge in [-0.05, 0) is 31.4 Å². The van der Waals surface area contributed by atoms with Crippen LogP contribution in [0.5, 0.6) is 5.75 Å². The van der Waals surface area contributed by atoms with Gasteiger partial charge in [0.25, 0.3) is 0 Å². The van der Waals surface area contributed by atoms with E-state index in [1.807, 2.05) is 31.2 Å². The van der Waals surface area contributed by atoms with Crippen LogP contribution in [0.4, 0.5) is 0 Å². The highest BCUT2D eigenvalue weighted by atomic mass is 16.6. The molecule has 0 bridgehead atoms. The van der Waals surface area contributed by atoms with E-state index in [1.165, 1.54) is 0 Å². The van der Waals surface area contributed by atoms with Gasteiger partial charge < -0.3 is 19.5 Å². The third-order valence-electron chi connectivity index (χ3n) is 5.84. The lowest BCUT2D eigenvalue weighted by Gasteiger charge is -2.36. The van der Waals surface area contributed by atoms with Gasteiger partial charge in [0.15, 0.2) is 5.78 Å². The molecule has 162 valence electrons. The molecule has 30 heavy (non-hydrogen) atoms. The molecular weight excluding hydrogens is 382 g/mol. The molecule has 0 saturated heterocycles. The van der Waals surface area contributed by atoms with Gasteiger partial charge in [-0.2, -0.15) is 0 Å². The van der Waals surface area contributed by atoms with Gasteiger partial charge in [0.05, 0.1) is 19.3 Å². The topological polar surface area (TPSA) is 73.9 Å². The number of esters is 1. The van der Waals surface area contributed by atoms with Crippen molar-refractivity contribution in [2.24, 2.45) is 5.92 Å². The molecule has 0 saturated carbocycles. The maximum Gasteiger partial charge on any atom is 0.336 e. The summed E-state index contributed by atoms with van der Waals surface area (Å²) in [4.78, 5) is 26.1. The van der Waals surface area contributed by atoms with Gasteiger partial charge in [-0.1, -0.05) is 31.5 Å². The van der Waals surface area contributed by atoms with Gasteiger partial charge in [0.2, 0.25) is 0 Å². The highest BCUT2D eigenvalue weighted by Gasteiger charge is 2.40. The fourth-order valence-electron chi connectivity index (χ4n) is 4.54. The monoisotopic (exact) mass is 413 g/mol. The van der Waals surface area contributed by atoms with Gasteiger partial charge >= 0.3 is 5.97 Å². The smallest absolute Gasteiger partial charge is 0.336 e. The molecule has 2 unspecified atom stereocenters. The maximum atomic E-state index is 13.3. The van der Waals surface area contributed by atoms with Gasteiger partial charge in [0, 0.05) is 42.3 Å². The number of hydrogen-bond donors (Lipinski definition) is 1. The lowest BCUT2D eigenvalue weighted by atomic mass is 9.72. The van der Waals surface area contributed by atoms with Gasteiger partial charge in [-0.15, -0.1) is 0 Å². The predicted molar refractivity (Wildman–Crippen MR) is 114 cm³/mol. The molecule has 0 fully saturated rings. The lowest BCUT2D eigenvalue weighted by molar-refractivity contribution is -0.141. The summed E-state index contributed by atoms with van der Waals surface area (Å²) in [5, 5.41) is 3.36. The van der Waals surface area contributed by atoms with E-state index in [4.69, 9.17) is 14.2 Å². The number of benzene rings is 1. The van der Waals surface area contributed by atoms with Crippen molar-refractivity contribution in [1.82, 2.24) is 5.32 Å². The van der Waals surface area contributed by atoms with Crippen LogP contribution in [0.2, 0.25) is 0 Å². The molecule has 1 N–H and O–H groups in total. The summed E-state index contributed by atoms with van der Waals surface area (Å²) in [5.41, 5.74) is 4.04. The molecule has 0 amide bonds. The number of dihydropyridines is 1. The summed E-state index contributed by atoms with van der Waals surface area (Å²) in [7, 11) is 3.22. The SMILES string of the molecule is CCCC1C(C(=O)OCCOC)=C(C)NC2=C1C(=O)CC(c1ccccc1OC)C2. The molecule has 2 aliphatic rings. The minimum atomic E-state index is -0.373. The number of carbonyl (C=O) groups excluding carboxylic acids is 2. The second-order valence-corrected chi connectivity index (χ2v) is 7.80. The van der Waals surface area contributed by atoms with Crippen LogP contribution in [-0.2, 0) is 19.1 Å². The number of methoxy groups -OCH3 is 2. The largest absolute Gasteiger partial charge is 0.496 e. The third kappa shape index (κ3) is 4.43. The highest BCUT2D eigenvalue weighted by molar-refractivity contribution is 6.02. The van der Waals surface area contributed by atoms with Crippen molar-refractivity contribution in [1.29, 1.82) is 0 Å². The van der Waals surface area contributed by atoms with Crippen LogP contribution in [0.25, 0.3) is 0 Å². The van der Waals surface area contributed by atoms with E-state index in [-0.39, 0.29) is 30.2 Å². The summed E-state index contributed by atoms with van der Waals surface area (Å²) in [5.74, 6) is 0.335. The highest BCUT2D eigenvalue weighted by Crippen LogP contribution is 2.44. The van der Waals surface area contributed by atoms with Crippen molar-refractivity contribution in [2.75, 3.05) is 27.4 Å². The second kappa shape index (κ2) is 9.94. The van der Waals surface area contributed by atoms with Gasteiger partial charge in [0.1, 0.15) is 12.4 Å². The number of nitrogens with one attached hydrogen (secondary N) is 1. The van der Waals surface area contributed by atoms with Crippen molar-refractivity contribution in [3.05, 3.63) is 52.4 Å². The number of para-hydroxylation sites is 1. The number of ether oxygens (including phenoxy) is 3. The molecule has 2 atom stereocenters. The first kappa shape index (κ1) is 22.1. The molecule has 0 radical (unpaired) electrons. The first-order valence-electron chi connectivity index (χ1n) is 10.5. The Labute approximate surface area is 178 Å². The normalized spacial score (nSPS) is 21.3. The van der Waals surface area contributed by atoms with E-state index in [1.54, 1.807) is 14.2 Å². The summed E-state index contributed by atoms with van der Waals surface area (Å²) in [6.07, 6.45) is 2.72. The maximum absolute atomic E-state index is 13.3. The standard InChI is InChI=1S/C24H31NO5/c1-5-8-18-22(24(27)30-12-11-28-3)15(2)25-19-13-16(14-20(26)23(18)19)17-9-6-7-10-21(17)29-4/h6-7,9-10,16,18,25H,5,8,11-14H2,1-4H3. The molecule has 1 aliphatic carbocycles. The van der Waals surface area contributed by atoms with E-state index in [9.17, 15) is 9.59 Å². The number of rotatable bonds is 8. The summed E-state index contributed by atoms with van der Waals surface area (Å²) in [6, 6.07) is 7.86. The molecule has 3 rings (SSSR count). The average Bonchev–Trinajstić information content (AvgIpc) is 2.73. The van der Waals surface area contributed by atoms with Crippen molar-refractivity contribution in [3.63, 3.8) is 0 Å². The molecule has 0 aromatic heterocycles. The zero-order chi connectivity index (χ0) is 21.7. The Kier molecular flexibility index (Phi) is 7.32. The van der Waals surface area contributed by atoms with Crippen molar-refractivity contribution in [3.8, 4) is 5.75 Å². The van der Waals surface area contributed by atoms with Crippen LogP contribution in [0, 0.1) is 5.92 Å². The summed E-state index contributed by atoms with van der Waals surface area (Å²) >= 11 is 0. The van der Waals surface area contributed by atoms with E-state index in [2.05, 4.69) is 12.2 Å². The average molecular weight is 414 g/mol. The van der Waals surface area contributed by atoms with Crippen LogP contribution in [0.1, 0.15) is 51.0 Å². The molecule has 6 nitrogen and oxygen atoms in total. The fourth-order valence-corrected chi connectivity index (χ4v) is 4.54. The predicted octanol–water partition coefficient (Wildman–Crippen LogP) is 3.88. The minimum absolute atomic E-state index is 0.0465. The van der Waals surface area contributed by atoms with Crippen molar-refractivity contribution < 1.29 is 23.8 Å². The molecule has 1 aliphatic heterocycles. The second-order valence-electron chi connectivity index (χ2n) is 7.80. The molecular formula is C24H31NO5.